The Labute approximate surface area is 175 Å². The molecule has 0 N–H and O–H groups in total. The number of aryl methyl sites for hydroxylation is 3. The topological polar surface area (TPSA) is 83.5 Å². The largest absolute Gasteiger partial charge is 0.464 e. The van der Waals surface area contributed by atoms with Gasteiger partial charge in [0.2, 0.25) is 0 Å². The van der Waals surface area contributed by atoms with Crippen LogP contribution in [-0.4, -0.2) is 25.0 Å². The van der Waals surface area contributed by atoms with Gasteiger partial charge in [-0.2, -0.15) is 5.26 Å². The Kier molecular flexibility index (Phi) is 6.53. The van der Waals surface area contributed by atoms with Gasteiger partial charge in [-0.25, -0.2) is 0 Å². The van der Waals surface area contributed by atoms with Crippen molar-refractivity contribution in [2.45, 2.75) is 33.6 Å². The predicted octanol–water partition coefficient (Wildman–Crippen LogP) is 4.39. The quantitative estimate of drug-likeness (QED) is 0.545. The van der Waals surface area contributed by atoms with Crippen molar-refractivity contribution < 1.29 is 18.7 Å². The van der Waals surface area contributed by atoms with Crippen molar-refractivity contribution in [3.05, 3.63) is 64.9 Å². The summed E-state index contributed by atoms with van der Waals surface area (Å²) >= 11 is 0. The standard InChI is InChI=1S/C24H24N2O4/c1-16-5-6-21-19(14-29-22(21)12-16)13-24(28)30-15-23(27)26(8-4-7-25)20-10-17(2)9-18(3)11-20/h5-6,9-12,14H,4,8,13,15H2,1-3H3. The summed E-state index contributed by atoms with van der Waals surface area (Å²) in [6.07, 6.45) is 1.75. The molecule has 0 radical (unpaired) electrons. The first-order valence-electron chi connectivity index (χ1n) is 9.75. The lowest BCUT2D eigenvalue weighted by Gasteiger charge is -2.22. The molecule has 0 aliphatic carbocycles. The number of nitriles is 1. The van der Waals surface area contributed by atoms with Gasteiger partial charge in [0.25, 0.3) is 5.91 Å². The number of esters is 1. The monoisotopic (exact) mass is 404 g/mol. The molecule has 0 unspecified atom stereocenters. The molecule has 1 heterocycles. The Balaban J connectivity index is 1.66. The third-order valence-electron chi connectivity index (χ3n) is 4.77. The van der Waals surface area contributed by atoms with E-state index in [2.05, 4.69) is 6.07 Å². The normalized spacial score (nSPS) is 10.6. The van der Waals surface area contributed by atoms with Crippen molar-refractivity contribution in [2.75, 3.05) is 18.1 Å². The second-order valence-electron chi connectivity index (χ2n) is 7.40. The maximum Gasteiger partial charge on any atom is 0.310 e. The molecule has 0 aliphatic heterocycles. The van der Waals surface area contributed by atoms with Crippen LogP contribution in [0.25, 0.3) is 11.0 Å². The molecule has 0 spiro atoms. The highest BCUT2D eigenvalue weighted by molar-refractivity contribution is 5.95. The zero-order valence-electron chi connectivity index (χ0n) is 17.4. The molecule has 0 atom stereocenters. The van der Waals surface area contributed by atoms with Gasteiger partial charge < -0.3 is 14.1 Å². The Morgan fingerprint density at radius 1 is 1.07 bits per heavy atom. The minimum absolute atomic E-state index is 0.0189. The molecule has 30 heavy (non-hydrogen) atoms. The van der Waals surface area contributed by atoms with Crippen molar-refractivity contribution >= 4 is 28.5 Å². The number of anilines is 1. The SMILES string of the molecule is Cc1cc(C)cc(N(CCC#N)C(=O)COC(=O)Cc2coc3cc(C)ccc23)c1. The first-order chi connectivity index (χ1) is 14.4. The third-order valence-corrected chi connectivity index (χ3v) is 4.77. The van der Waals surface area contributed by atoms with Gasteiger partial charge in [0.05, 0.1) is 25.2 Å². The average molecular weight is 404 g/mol. The van der Waals surface area contributed by atoms with Crippen molar-refractivity contribution in [2.24, 2.45) is 0 Å². The summed E-state index contributed by atoms with van der Waals surface area (Å²) in [4.78, 5) is 26.6. The minimum atomic E-state index is -0.507. The number of carbonyl (C=O) groups is 2. The fourth-order valence-electron chi connectivity index (χ4n) is 3.42. The molecule has 3 aromatic rings. The van der Waals surface area contributed by atoms with Gasteiger partial charge in [0, 0.05) is 23.2 Å². The lowest BCUT2D eigenvalue weighted by Crippen LogP contribution is -2.35. The number of ether oxygens (including phenoxy) is 1. The molecule has 3 rings (SSSR count). The van der Waals surface area contributed by atoms with Crippen LogP contribution in [-0.2, 0) is 20.7 Å². The van der Waals surface area contributed by atoms with E-state index in [1.165, 1.54) is 4.90 Å². The summed E-state index contributed by atoms with van der Waals surface area (Å²) in [7, 11) is 0. The molecule has 154 valence electrons. The molecule has 1 aromatic heterocycles. The molecular formula is C24H24N2O4. The molecule has 6 heteroatoms. The second kappa shape index (κ2) is 9.27. The Hall–Kier alpha value is -3.59. The van der Waals surface area contributed by atoms with Crippen LogP contribution in [0.4, 0.5) is 5.69 Å². The van der Waals surface area contributed by atoms with Crippen LogP contribution in [0.3, 0.4) is 0 Å². The van der Waals surface area contributed by atoms with E-state index in [1.54, 1.807) is 6.26 Å². The van der Waals surface area contributed by atoms with Gasteiger partial charge >= 0.3 is 5.97 Å². The highest BCUT2D eigenvalue weighted by atomic mass is 16.5. The van der Waals surface area contributed by atoms with Gasteiger partial charge in [0.15, 0.2) is 6.61 Å². The van der Waals surface area contributed by atoms with Gasteiger partial charge in [-0.15, -0.1) is 0 Å². The third kappa shape index (κ3) is 5.06. The summed E-state index contributed by atoms with van der Waals surface area (Å²) in [5, 5.41) is 9.79. The number of nitrogens with zero attached hydrogens (tertiary/aromatic N) is 2. The number of rotatable bonds is 7. The highest BCUT2D eigenvalue weighted by Gasteiger charge is 2.19. The molecule has 0 aliphatic rings. The Bertz CT molecular complexity index is 1100. The van der Waals surface area contributed by atoms with E-state index in [4.69, 9.17) is 14.4 Å². The zero-order valence-corrected chi connectivity index (χ0v) is 17.4. The van der Waals surface area contributed by atoms with Gasteiger partial charge in [0.1, 0.15) is 5.58 Å². The van der Waals surface area contributed by atoms with E-state index in [1.807, 2.05) is 57.2 Å². The van der Waals surface area contributed by atoms with Gasteiger partial charge in [-0.1, -0.05) is 18.2 Å². The first kappa shape index (κ1) is 21.1. The van der Waals surface area contributed by atoms with Crippen LogP contribution in [0, 0.1) is 32.1 Å². The number of fused-ring (bicyclic) bond motifs is 1. The molecule has 0 bridgehead atoms. The van der Waals surface area contributed by atoms with Crippen LogP contribution >= 0.6 is 0 Å². The van der Waals surface area contributed by atoms with Crippen LogP contribution in [0.1, 0.15) is 28.7 Å². The van der Waals surface area contributed by atoms with Crippen molar-refractivity contribution in [3.63, 3.8) is 0 Å². The molecule has 1 amide bonds. The number of furan rings is 1. The zero-order chi connectivity index (χ0) is 21.7. The average Bonchev–Trinajstić information content (AvgIpc) is 3.07. The first-order valence-corrected chi connectivity index (χ1v) is 9.75. The highest BCUT2D eigenvalue weighted by Crippen LogP contribution is 2.23. The van der Waals surface area contributed by atoms with E-state index in [0.29, 0.717) is 11.3 Å². The molecule has 0 saturated heterocycles. The molecule has 0 saturated carbocycles. The van der Waals surface area contributed by atoms with Crippen LogP contribution in [0.5, 0.6) is 0 Å². The van der Waals surface area contributed by atoms with Gasteiger partial charge in [-0.3, -0.25) is 9.59 Å². The van der Waals surface area contributed by atoms with Crippen molar-refractivity contribution in [1.29, 1.82) is 5.26 Å². The molecule has 2 aromatic carbocycles. The van der Waals surface area contributed by atoms with Crippen molar-refractivity contribution in [3.8, 4) is 6.07 Å². The molecule has 0 fully saturated rings. The summed E-state index contributed by atoms with van der Waals surface area (Å²) < 4.78 is 10.7. The smallest absolute Gasteiger partial charge is 0.310 e. The van der Waals surface area contributed by atoms with E-state index >= 15 is 0 Å². The number of hydrogen-bond acceptors (Lipinski definition) is 5. The fourth-order valence-corrected chi connectivity index (χ4v) is 3.42. The fraction of sp³-hybridized carbons (Fsp3) is 0.292. The lowest BCUT2D eigenvalue weighted by molar-refractivity contribution is -0.147. The Morgan fingerprint density at radius 3 is 2.50 bits per heavy atom. The number of hydrogen-bond donors (Lipinski definition) is 0. The predicted molar refractivity (Wildman–Crippen MR) is 114 cm³/mol. The van der Waals surface area contributed by atoms with E-state index in [0.717, 1.165) is 27.6 Å². The summed E-state index contributed by atoms with van der Waals surface area (Å²) in [6.45, 7) is 5.71. The lowest BCUT2D eigenvalue weighted by atomic mass is 10.1. The maximum atomic E-state index is 12.7. The van der Waals surface area contributed by atoms with E-state index in [9.17, 15) is 9.59 Å². The van der Waals surface area contributed by atoms with Crippen LogP contribution in [0.15, 0.2) is 47.1 Å². The van der Waals surface area contributed by atoms with E-state index < -0.39 is 5.97 Å². The van der Waals surface area contributed by atoms with E-state index in [-0.39, 0.29) is 31.9 Å². The van der Waals surface area contributed by atoms with Crippen LogP contribution < -0.4 is 4.90 Å². The van der Waals surface area contributed by atoms with Crippen molar-refractivity contribution in [1.82, 2.24) is 0 Å². The summed E-state index contributed by atoms with van der Waals surface area (Å²) in [5.74, 6) is -0.872. The molecule has 6 nitrogen and oxygen atoms in total. The molecular weight excluding hydrogens is 380 g/mol. The van der Waals surface area contributed by atoms with Gasteiger partial charge in [-0.05, 0) is 55.7 Å². The minimum Gasteiger partial charge on any atom is -0.464 e. The summed E-state index contributed by atoms with van der Waals surface area (Å²) in [6, 6.07) is 13.6. The Morgan fingerprint density at radius 2 is 1.80 bits per heavy atom. The second-order valence-corrected chi connectivity index (χ2v) is 7.40. The van der Waals surface area contributed by atoms with Crippen LogP contribution in [0.2, 0.25) is 0 Å². The maximum absolute atomic E-state index is 12.7. The summed E-state index contributed by atoms with van der Waals surface area (Å²) in [5.41, 5.74) is 5.22. The number of amides is 1. The number of carbonyl (C=O) groups excluding carboxylic acids is 2. The number of benzene rings is 2.